The van der Waals surface area contributed by atoms with Crippen molar-refractivity contribution in [2.24, 2.45) is 5.92 Å². The minimum Gasteiger partial charge on any atom is -0.478 e. The van der Waals surface area contributed by atoms with Gasteiger partial charge in [0, 0.05) is 16.8 Å². The van der Waals surface area contributed by atoms with E-state index in [1.54, 1.807) is 20.8 Å². The van der Waals surface area contributed by atoms with Crippen LogP contribution in [0.2, 0.25) is 0 Å². The number of carbonyl (C=O) groups excluding carboxylic acids is 2. The molecular weight excluding hydrogens is 356 g/mol. The van der Waals surface area contributed by atoms with Gasteiger partial charge in [-0.3, -0.25) is 4.79 Å². The predicted molar refractivity (Wildman–Crippen MR) is 97.8 cm³/mol. The molecule has 2 aliphatic rings. The molecule has 0 saturated heterocycles. The number of nitrogens with one attached hydrogen (secondary N) is 2. The lowest BCUT2D eigenvalue weighted by Crippen LogP contribution is -2.41. The van der Waals surface area contributed by atoms with Crippen LogP contribution in [0.3, 0.4) is 0 Å². The minimum absolute atomic E-state index is 0.0114. The number of fused-ring (bicyclic) bond motifs is 1. The van der Waals surface area contributed by atoms with E-state index in [0.29, 0.717) is 29.8 Å². The number of carboxylic acid groups (broad SMARTS) is 1. The molecule has 3 rings (SSSR count). The zero-order chi connectivity index (χ0) is 19.1. The molecule has 1 unspecified atom stereocenters. The summed E-state index contributed by atoms with van der Waals surface area (Å²) in [5.41, 5.74) is 0.286. The third kappa shape index (κ3) is 4.35. The Hall–Kier alpha value is -2.09. The van der Waals surface area contributed by atoms with Crippen molar-refractivity contribution in [1.82, 2.24) is 5.32 Å². The second kappa shape index (κ2) is 6.90. The van der Waals surface area contributed by atoms with E-state index in [9.17, 15) is 19.5 Å². The molecule has 2 aliphatic carbocycles. The van der Waals surface area contributed by atoms with Crippen LogP contribution in [-0.4, -0.2) is 34.7 Å². The van der Waals surface area contributed by atoms with E-state index in [4.69, 9.17) is 4.74 Å². The summed E-state index contributed by atoms with van der Waals surface area (Å²) in [4.78, 5) is 36.8. The Bertz CT molecular complexity index is 745. The summed E-state index contributed by atoms with van der Waals surface area (Å²) >= 11 is 1.34. The molecule has 8 heteroatoms. The van der Waals surface area contributed by atoms with Crippen molar-refractivity contribution in [3.8, 4) is 0 Å². The van der Waals surface area contributed by atoms with Crippen molar-refractivity contribution in [2.45, 2.75) is 64.5 Å². The van der Waals surface area contributed by atoms with Crippen LogP contribution in [0.1, 0.15) is 60.8 Å². The van der Waals surface area contributed by atoms with Crippen LogP contribution in [0.25, 0.3) is 0 Å². The number of thiophene rings is 1. The number of hydrogen-bond acceptors (Lipinski definition) is 5. The van der Waals surface area contributed by atoms with Crippen LogP contribution in [0.5, 0.6) is 0 Å². The standard InChI is InChI=1S/C18H24N2O5S/c1-18(2,3)25-17(24)19-10-6-7-12-11(8-10)13(16(22)23)15(26-12)20-14(21)9-4-5-9/h9-10H,4-8H2,1-3H3,(H,19,24)(H,20,21)(H,22,23). The number of carbonyl (C=O) groups is 3. The van der Waals surface area contributed by atoms with E-state index in [1.165, 1.54) is 11.3 Å². The van der Waals surface area contributed by atoms with Crippen LogP contribution in [-0.2, 0) is 22.4 Å². The van der Waals surface area contributed by atoms with Crippen molar-refractivity contribution in [1.29, 1.82) is 0 Å². The lowest BCUT2D eigenvalue weighted by atomic mass is 9.91. The van der Waals surface area contributed by atoms with Crippen molar-refractivity contribution in [3.05, 3.63) is 16.0 Å². The van der Waals surface area contributed by atoms with Crippen molar-refractivity contribution >= 4 is 34.3 Å². The molecule has 3 N–H and O–H groups in total. The first-order valence-corrected chi connectivity index (χ1v) is 9.64. The molecule has 2 amide bonds. The Morgan fingerprint density at radius 1 is 1.19 bits per heavy atom. The highest BCUT2D eigenvalue weighted by Crippen LogP contribution is 2.39. The number of carboxylic acids is 1. The molecular formula is C18H24N2O5S. The van der Waals surface area contributed by atoms with E-state index in [2.05, 4.69) is 10.6 Å². The maximum Gasteiger partial charge on any atom is 0.407 e. The van der Waals surface area contributed by atoms with Crippen LogP contribution in [0, 0.1) is 5.92 Å². The predicted octanol–water partition coefficient (Wildman–Crippen LogP) is 3.18. The Morgan fingerprint density at radius 3 is 2.46 bits per heavy atom. The molecule has 0 aliphatic heterocycles. The third-order valence-electron chi connectivity index (χ3n) is 4.38. The SMILES string of the molecule is CC(C)(C)OC(=O)NC1CCc2sc(NC(=O)C3CC3)c(C(=O)O)c2C1. The Morgan fingerprint density at radius 2 is 1.88 bits per heavy atom. The highest BCUT2D eigenvalue weighted by Gasteiger charge is 2.34. The van der Waals surface area contributed by atoms with E-state index in [1.807, 2.05) is 0 Å². The molecule has 1 atom stereocenters. The molecule has 26 heavy (non-hydrogen) atoms. The van der Waals surface area contributed by atoms with Gasteiger partial charge in [0.15, 0.2) is 0 Å². The van der Waals surface area contributed by atoms with E-state index < -0.39 is 17.7 Å². The van der Waals surface area contributed by atoms with Crippen LogP contribution < -0.4 is 10.6 Å². The first-order chi connectivity index (χ1) is 12.1. The van der Waals surface area contributed by atoms with Crippen LogP contribution in [0.15, 0.2) is 0 Å². The number of alkyl carbamates (subject to hydrolysis) is 1. The lowest BCUT2D eigenvalue weighted by molar-refractivity contribution is -0.117. The topological polar surface area (TPSA) is 105 Å². The number of hydrogen-bond donors (Lipinski definition) is 3. The van der Waals surface area contributed by atoms with Gasteiger partial charge in [0.1, 0.15) is 10.6 Å². The number of amides is 2. The summed E-state index contributed by atoms with van der Waals surface area (Å²) in [6.07, 6.45) is 3.02. The molecule has 7 nitrogen and oxygen atoms in total. The number of aryl methyl sites for hydroxylation is 1. The largest absolute Gasteiger partial charge is 0.478 e. The quantitative estimate of drug-likeness (QED) is 0.744. The number of anilines is 1. The lowest BCUT2D eigenvalue weighted by Gasteiger charge is -2.26. The van der Waals surface area contributed by atoms with Gasteiger partial charge in [0.05, 0.1) is 5.56 Å². The van der Waals surface area contributed by atoms with E-state index in [-0.39, 0.29) is 23.4 Å². The summed E-state index contributed by atoms with van der Waals surface area (Å²) in [5, 5.41) is 15.7. The maximum atomic E-state index is 12.0. The Balaban J connectivity index is 1.74. The number of ether oxygens (including phenoxy) is 1. The second-order valence-electron chi connectivity index (χ2n) is 7.86. The molecule has 1 aromatic heterocycles. The molecule has 0 spiro atoms. The van der Waals surface area contributed by atoms with Crippen molar-refractivity contribution < 1.29 is 24.2 Å². The fourth-order valence-corrected chi connectivity index (χ4v) is 4.29. The van der Waals surface area contributed by atoms with E-state index in [0.717, 1.165) is 17.7 Å². The van der Waals surface area contributed by atoms with Gasteiger partial charge in [-0.15, -0.1) is 11.3 Å². The van der Waals surface area contributed by atoms with Gasteiger partial charge in [-0.25, -0.2) is 9.59 Å². The average Bonchev–Trinajstić information content (AvgIpc) is 3.27. The Kier molecular flexibility index (Phi) is 4.96. The minimum atomic E-state index is -1.05. The van der Waals surface area contributed by atoms with Gasteiger partial charge < -0.3 is 20.5 Å². The highest BCUT2D eigenvalue weighted by molar-refractivity contribution is 7.17. The smallest absolute Gasteiger partial charge is 0.407 e. The number of aromatic carboxylic acids is 1. The first kappa shape index (κ1) is 18.7. The maximum absolute atomic E-state index is 12.0. The molecule has 1 saturated carbocycles. The van der Waals surface area contributed by atoms with Gasteiger partial charge in [0.2, 0.25) is 5.91 Å². The molecule has 1 fully saturated rings. The van der Waals surface area contributed by atoms with Crippen LogP contribution >= 0.6 is 11.3 Å². The van der Waals surface area contributed by atoms with Crippen molar-refractivity contribution in [2.75, 3.05) is 5.32 Å². The zero-order valence-corrected chi connectivity index (χ0v) is 16.0. The fourth-order valence-electron chi connectivity index (χ4n) is 3.06. The van der Waals surface area contributed by atoms with Gasteiger partial charge >= 0.3 is 12.1 Å². The molecule has 0 radical (unpaired) electrons. The van der Waals surface area contributed by atoms with E-state index >= 15 is 0 Å². The summed E-state index contributed by atoms with van der Waals surface area (Å²) in [7, 11) is 0. The molecule has 1 heterocycles. The number of rotatable bonds is 4. The van der Waals surface area contributed by atoms with Gasteiger partial charge in [0.25, 0.3) is 0 Å². The zero-order valence-electron chi connectivity index (χ0n) is 15.2. The molecule has 0 aromatic carbocycles. The summed E-state index contributed by atoms with van der Waals surface area (Å²) in [6.45, 7) is 5.38. The molecule has 0 bridgehead atoms. The van der Waals surface area contributed by atoms with Gasteiger partial charge in [-0.2, -0.15) is 0 Å². The van der Waals surface area contributed by atoms with Gasteiger partial charge in [-0.1, -0.05) is 0 Å². The summed E-state index contributed by atoms with van der Waals surface area (Å²) in [6, 6.07) is -0.183. The average molecular weight is 380 g/mol. The normalized spacial score (nSPS) is 19.4. The molecule has 1 aromatic rings. The van der Waals surface area contributed by atoms with Crippen LogP contribution in [0.4, 0.5) is 9.80 Å². The monoisotopic (exact) mass is 380 g/mol. The third-order valence-corrected chi connectivity index (χ3v) is 5.59. The second-order valence-corrected chi connectivity index (χ2v) is 8.97. The fraction of sp³-hybridized carbons (Fsp3) is 0.611. The van der Waals surface area contributed by atoms with Crippen molar-refractivity contribution in [3.63, 3.8) is 0 Å². The first-order valence-electron chi connectivity index (χ1n) is 8.82. The summed E-state index contributed by atoms with van der Waals surface area (Å²) < 4.78 is 5.28. The highest BCUT2D eigenvalue weighted by atomic mass is 32.1. The molecule has 142 valence electrons. The Labute approximate surface area is 156 Å². The summed E-state index contributed by atoms with van der Waals surface area (Å²) in [5.74, 6) is -1.14. The van der Waals surface area contributed by atoms with Gasteiger partial charge in [-0.05, 0) is 58.4 Å².